The van der Waals surface area contributed by atoms with Gasteiger partial charge in [0.2, 0.25) is 0 Å². The molecule has 0 aromatic heterocycles. The minimum atomic E-state index is 0.248. The number of rotatable bonds is 8. The average Bonchev–Trinajstić information content (AvgIpc) is 2.71. The SMILES string of the molecule is CCOc1cc(CNC23CC4CC(C)(CC(C)(C4)C2)C3)c(Cl)cc1OCc1ccccc1C. The molecular formula is C29H38ClNO2. The van der Waals surface area contributed by atoms with Crippen molar-refractivity contribution >= 4 is 11.6 Å². The maximum absolute atomic E-state index is 6.78. The standard InChI is InChI=1S/C29H38ClNO2/c1-5-32-25-10-23(24(30)11-26(25)33-16-22-9-7-6-8-20(22)2)15-31-29-14-21-12-27(3,18-29)17-28(4,13-21)19-29/h6-11,21,31H,5,12-19H2,1-4H3. The first-order chi connectivity index (χ1) is 15.7. The number of nitrogens with one attached hydrogen (secondary N) is 1. The highest BCUT2D eigenvalue weighted by molar-refractivity contribution is 6.31. The molecule has 3 nitrogen and oxygen atoms in total. The number of halogens is 1. The third kappa shape index (κ3) is 4.64. The molecule has 0 spiro atoms. The molecule has 0 radical (unpaired) electrons. The van der Waals surface area contributed by atoms with Crippen molar-refractivity contribution in [1.29, 1.82) is 0 Å². The summed E-state index contributed by atoms with van der Waals surface area (Å²) in [5, 5.41) is 4.75. The molecule has 0 heterocycles. The van der Waals surface area contributed by atoms with Gasteiger partial charge in [0.15, 0.2) is 11.5 Å². The minimum absolute atomic E-state index is 0.248. The van der Waals surface area contributed by atoms with E-state index in [4.69, 9.17) is 21.1 Å². The second-order valence-corrected chi connectivity index (χ2v) is 12.2. The van der Waals surface area contributed by atoms with Crippen LogP contribution < -0.4 is 14.8 Å². The van der Waals surface area contributed by atoms with Crippen LogP contribution in [-0.2, 0) is 13.2 Å². The Balaban J connectivity index is 1.33. The lowest BCUT2D eigenvalue weighted by Crippen LogP contribution is -2.63. The Morgan fingerprint density at radius 1 is 0.939 bits per heavy atom. The summed E-state index contributed by atoms with van der Waals surface area (Å²) in [4.78, 5) is 0. The van der Waals surface area contributed by atoms with Crippen LogP contribution >= 0.6 is 11.6 Å². The molecule has 0 aliphatic heterocycles. The summed E-state index contributed by atoms with van der Waals surface area (Å²) >= 11 is 6.78. The van der Waals surface area contributed by atoms with Crippen molar-refractivity contribution in [2.75, 3.05) is 6.61 Å². The van der Waals surface area contributed by atoms with Gasteiger partial charge in [-0.25, -0.2) is 0 Å². The fourth-order valence-corrected chi connectivity index (χ4v) is 8.17. The largest absolute Gasteiger partial charge is 0.490 e. The Bertz CT molecular complexity index is 1020. The monoisotopic (exact) mass is 467 g/mol. The van der Waals surface area contributed by atoms with Crippen LogP contribution in [0, 0.1) is 23.7 Å². The molecule has 4 fully saturated rings. The first-order valence-electron chi connectivity index (χ1n) is 12.6. The molecule has 178 valence electrons. The third-order valence-corrected chi connectivity index (χ3v) is 8.69. The van der Waals surface area contributed by atoms with Gasteiger partial charge in [0.25, 0.3) is 0 Å². The predicted octanol–water partition coefficient (Wildman–Crippen LogP) is 7.46. The lowest BCUT2D eigenvalue weighted by molar-refractivity contribution is -0.118. The summed E-state index contributed by atoms with van der Waals surface area (Å²) in [6, 6.07) is 12.3. The van der Waals surface area contributed by atoms with Gasteiger partial charge in [-0.3, -0.25) is 0 Å². The smallest absolute Gasteiger partial charge is 0.163 e. The van der Waals surface area contributed by atoms with E-state index in [1.807, 2.05) is 25.1 Å². The molecule has 33 heavy (non-hydrogen) atoms. The molecule has 4 bridgehead atoms. The van der Waals surface area contributed by atoms with Crippen molar-refractivity contribution in [3.63, 3.8) is 0 Å². The van der Waals surface area contributed by atoms with Gasteiger partial charge in [-0.05, 0) is 91.9 Å². The highest BCUT2D eigenvalue weighted by Gasteiger charge is 2.59. The third-order valence-electron chi connectivity index (χ3n) is 8.34. The normalized spacial score (nSPS) is 32.2. The zero-order valence-corrected chi connectivity index (χ0v) is 21.4. The molecule has 0 saturated heterocycles. The second kappa shape index (κ2) is 8.50. The number of hydrogen-bond donors (Lipinski definition) is 1. The molecule has 1 N–H and O–H groups in total. The molecule has 4 heteroatoms. The van der Waals surface area contributed by atoms with E-state index in [0.717, 1.165) is 28.8 Å². The van der Waals surface area contributed by atoms with Crippen LogP contribution in [0.3, 0.4) is 0 Å². The van der Waals surface area contributed by atoms with Crippen molar-refractivity contribution in [3.05, 3.63) is 58.1 Å². The molecule has 4 aliphatic rings. The first kappa shape index (κ1) is 23.1. The fourth-order valence-electron chi connectivity index (χ4n) is 7.95. The summed E-state index contributed by atoms with van der Waals surface area (Å²) in [6.07, 6.45) is 8.11. The van der Waals surface area contributed by atoms with Crippen LogP contribution in [-0.4, -0.2) is 12.1 Å². The van der Waals surface area contributed by atoms with Crippen LogP contribution in [0.25, 0.3) is 0 Å². The molecule has 2 aromatic carbocycles. The van der Waals surface area contributed by atoms with E-state index in [1.165, 1.54) is 49.7 Å². The zero-order chi connectivity index (χ0) is 23.3. The lowest BCUT2D eigenvalue weighted by atomic mass is 9.43. The number of aryl methyl sites for hydroxylation is 1. The first-order valence-corrected chi connectivity index (χ1v) is 13.0. The van der Waals surface area contributed by atoms with E-state index in [-0.39, 0.29) is 5.54 Å². The summed E-state index contributed by atoms with van der Waals surface area (Å²) in [7, 11) is 0. The summed E-state index contributed by atoms with van der Waals surface area (Å²) in [5.41, 5.74) is 4.72. The zero-order valence-electron chi connectivity index (χ0n) is 20.6. The fraction of sp³-hybridized carbons (Fsp3) is 0.586. The van der Waals surface area contributed by atoms with E-state index in [1.54, 1.807) is 0 Å². The van der Waals surface area contributed by atoms with Crippen LogP contribution in [0.1, 0.15) is 76.0 Å². The molecular weight excluding hydrogens is 430 g/mol. The lowest BCUT2D eigenvalue weighted by Gasteiger charge is -2.65. The minimum Gasteiger partial charge on any atom is -0.490 e. The Labute approximate surface area is 204 Å². The van der Waals surface area contributed by atoms with Crippen LogP contribution in [0.5, 0.6) is 11.5 Å². The number of ether oxygens (including phenoxy) is 2. The van der Waals surface area contributed by atoms with Gasteiger partial charge in [0.1, 0.15) is 6.61 Å². The molecule has 6 rings (SSSR count). The maximum atomic E-state index is 6.78. The Morgan fingerprint density at radius 2 is 1.64 bits per heavy atom. The van der Waals surface area contributed by atoms with E-state index < -0.39 is 0 Å². The Morgan fingerprint density at radius 3 is 2.30 bits per heavy atom. The maximum Gasteiger partial charge on any atom is 0.163 e. The molecule has 0 amide bonds. The number of benzene rings is 2. The quantitative estimate of drug-likeness (QED) is 0.436. The van der Waals surface area contributed by atoms with Crippen LogP contribution in [0.4, 0.5) is 0 Å². The predicted molar refractivity (Wildman–Crippen MR) is 135 cm³/mol. The summed E-state index contributed by atoms with van der Waals surface area (Å²) in [5.74, 6) is 2.36. The van der Waals surface area contributed by atoms with Gasteiger partial charge in [-0.2, -0.15) is 0 Å². The topological polar surface area (TPSA) is 30.5 Å². The van der Waals surface area contributed by atoms with Gasteiger partial charge in [-0.15, -0.1) is 0 Å². The highest BCUT2D eigenvalue weighted by atomic mass is 35.5. The molecule has 2 atom stereocenters. The van der Waals surface area contributed by atoms with Gasteiger partial charge >= 0.3 is 0 Å². The second-order valence-electron chi connectivity index (χ2n) is 11.8. The molecule has 2 aromatic rings. The van der Waals surface area contributed by atoms with Crippen LogP contribution in [0.2, 0.25) is 5.02 Å². The molecule has 4 saturated carbocycles. The average molecular weight is 468 g/mol. The van der Waals surface area contributed by atoms with Crippen molar-refractivity contribution in [3.8, 4) is 11.5 Å². The summed E-state index contributed by atoms with van der Waals surface area (Å²) in [6.45, 7) is 11.0. The molecule has 2 unspecified atom stereocenters. The highest BCUT2D eigenvalue weighted by Crippen LogP contribution is 2.66. The number of hydrogen-bond acceptors (Lipinski definition) is 3. The Kier molecular flexibility index (Phi) is 5.94. The van der Waals surface area contributed by atoms with Gasteiger partial charge in [0.05, 0.1) is 6.61 Å². The van der Waals surface area contributed by atoms with E-state index in [9.17, 15) is 0 Å². The van der Waals surface area contributed by atoms with Crippen LogP contribution in [0.15, 0.2) is 36.4 Å². The van der Waals surface area contributed by atoms with E-state index in [0.29, 0.717) is 29.8 Å². The van der Waals surface area contributed by atoms with E-state index >= 15 is 0 Å². The van der Waals surface area contributed by atoms with Crippen molar-refractivity contribution in [2.45, 2.75) is 84.9 Å². The van der Waals surface area contributed by atoms with Gasteiger partial charge in [0, 0.05) is 23.2 Å². The molecule has 4 aliphatic carbocycles. The summed E-state index contributed by atoms with van der Waals surface area (Å²) < 4.78 is 12.1. The van der Waals surface area contributed by atoms with Crippen molar-refractivity contribution in [2.24, 2.45) is 16.7 Å². The van der Waals surface area contributed by atoms with Gasteiger partial charge < -0.3 is 14.8 Å². The van der Waals surface area contributed by atoms with Crippen molar-refractivity contribution in [1.82, 2.24) is 5.32 Å². The Hall–Kier alpha value is -1.71. The van der Waals surface area contributed by atoms with Crippen molar-refractivity contribution < 1.29 is 9.47 Å². The van der Waals surface area contributed by atoms with Gasteiger partial charge in [-0.1, -0.05) is 49.7 Å². The van der Waals surface area contributed by atoms with E-state index in [2.05, 4.69) is 44.3 Å².